The van der Waals surface area contributed by atoms with Crippen LogP contribution in [0.3, 0.4) is 0 Å². The Morgan fingerprint density at radius 2 is 1.50 bits per heavy atom. The number of nitrogens with zero attached hydrogens (tertiary/aromatic N) is 1. The minimum atomic E-state index is -3.71. The highest BCUT2D eigenvalue weighted by atomic mass is 35.5. The lowest BCUT2D eigenvalue weighted by atomic mass is 10.1. The lowest BCUT2D eigenvalue weighted by molar-refractivity contribution is 0.109. The molecule has 0 saturated heterocycles. The van der Waals surface area contributed by atoms with Crippen LogP contribution in [0.1, 0.15) is 22.8 Å². The first-order valence-corrected chi connectivity index (χ1v) is 13.5. The van der Waals surface area contributed by atoms with Gasteiger partial charge in [0.25, 0.3) is 0 Å². The van der Waals surface area contributed by atoms with Crippen LogP contribution in [0, 0.1) is 0 Å². The zero-order valence-corrected chi connectivity index (χ0v) is 21.2. The van der Waals surface area contributed by atoms with Crippen LogP contribution in [-0.4, -0.2) is 36.6 Å². The number of phenolic OH excluding ortho intramolecular Hbond substituents is 1. The van der Waals surface area contributed by atoms with Gasteiger partial charge in [0.05, 0.1) is 15.9 Å². The van der Waals surface area contributed by atoms with Crippen molar-refractivity contribution in [1.29, 1.82) is 0 Å². The molecular weight excluding hydrogens is 494 g/mol. The van der Waals surface area contributed by atoms with Gasteiger partial charge in [-0.25, -0.2) is 8.42 Å². The van der Waals surface area contributed by atoms with Crippen molar-refractivity contribution in [3.8, 4) is 5.75 Å². The van der Waals surface area contributed by atoms with E-state index in [0.717, 1.165) is 16.7 Å². The molecule has 4 aromatic rings. The van der Waals surface area contributed by atoms with Crippen molar-refractivity contribution < 1.29 is 18.6 Å². The second-order valence-electron chi connectivity index (χ2n) is 8.69. The molecule has 0 aliphatic heterocycles. The number of benzene rings is 4. The first kappa shape index (κ1) is 25.9. The van der Waals surface area contributed by atoms with Gasteiger partial charge in [0.2, 0.25) is 9.84 Å². The number of aliphatic hydroxyl groups excluding tert-OH is 1. The van der Waals surface area contributed by atoms with E-state index >= 15 is 0 Å². The molecule has 0 bridgehead atoms. The minimum absolute atomic E-state index is 0.0549. The summed E-state index contributed by atoms with van der Waals surface area (Å²) in [5.41, 5.74) is 2.89. The van der Waals surface area contributed by atoms with Gasteiger partial charge in [0, 0.05) is 24.7 Å². The summed E-state index contributed by atoms with van der Waals surface area (Å²) >= 11 is 6.11. The number of rotatable bonds is 10. The molecule has 5 nitrogen and oxygen atoms in total. The van der Waals surface area contributed by atoms with Gasteiger partial charge >= 0.3 is 0 Å². The van der Waals surface area contributed by atoms with E-state index in [-0.39, 0.29) is 15.5 Å². The molecule has 2 N–H and O–H groups in total. The van der Waals surface area contributed by atoms with E-state index in [0.29, 0.717) is 31.1 Å². The smallest absolute Gasteiger partial charge is 0.206 e. The fraction of sp³-hybridized carbons (Fsp3) is 0.172. The van der Waals surface area contributed by atoms with Crippen molar-refractivity contribution in [3.05, 3.63) is 125 Å². The predicted molar refractivity (Wildman–Crippen MR) is 142 cm³/mol. The molecule has 4 rings (SSSR count). The Kier molecular flexibility index (Phi) is 8.44. The van der Waals surface area contributed by atoms with Crippen LogP contribution < -0.4 is 0 Å². The molecule has 0 radical (unpaired) electrons. The summed E-state index contributed by atoms with van der Waals surface area (Å²) in [5, 5.41) is 21.1. The van der Waals surface area contributed by atoms with Crippen LogP contribution >= 0.6 is 11.6 Å². The minimum Gasteiger partial charge on any atom is -0.508 e. The van der Waals surface area contributed by atoms with Gasteiger partial charge in [-0.3, -0.25) is 4.90 Å². The quantitative estimate of drug-likeness (QED) is 0.282. The molecule has 0 heterocycles. The summed E-state index contributed by atoms with van der Waals surface area (Å²) in [4.78, 5) is 2.41. The number of phenols is 1. The normalized spacial score (nSPS) is 12.5. The number of hydrogen-bond acceptors (Lipinski definition) is 5. The Hall–Kier alpha value is -3.16. The Balaban J connectivity index is 1.46. The number of hydrogen-bond donors (Lipinski definition) is 2. The molecule has 0 aliphatic carbocycles. The lowest BCUT2D eigenvalue weighted by Gasteiger charge is -2.25. The maximum atomic E-state index is 12.9. The highest BCUT2D eigenvalue weighted by Gasteiger charge is 2.19. The largest absolute Gasteiger partial charge is 0.508 e. The highest BCUT2D eigenvalue weighted by molar-refractivity contribution is 7.91. The van der Waals surface area contributed by atoms with Crippen LogP contribution in [0.5, 0.6) is 5.75 Å². The monoisotopic (exact) mass is 521 g/mol. The van der Waals surface area contributed by atoms with E-state index in [1.54, 1.807) is 24.3 Å². The Morgan fingerprint density at radius 3 is 2.19 bits per heavy atom. The topological polar surface area (TPSA) is 77.8 Å². The molecule has 186 valence electrons. The molecule has 0 saturated carbocycles. The average Bonchev–Trinajstić information content (AvgIpc) is 2.88. The number of sulfone groups is 1. The molecule has 0 amide bonds. The maximum absolute atomic E-state index is 12.9. The summed E-state index contributed by atoms with van der Waals surface area (Å²) in [6.45, 7) is 1.77. The Labute approximate surface area is 217 Å². The zero-order valence-electron chi connectivity index (χ0n) is 19.7. The van der Waals surface area contributed by atoms with Gasteiger partial charge in [0.15, 0.2) is 0 Å². The second kappa shape index (κ2) is 11.7. The van der Waals surface area contributed by atoms with Crippen LogP contribution in [0.25, 0.3) is 0 Å². The molecule has 1 atom stereocenters. The van der Waals surface area contributed by atoms with E-state index in [9.17, 15) is 18.6 Å². The van der Waals surface area contributed by atoms with E-state index in [1.165, 1.54) is 24.3 Å². The van der Waals surface area contributed by atoms with E-state index in [4.69, 9.17) is 11.6 Å². The molecule has 0 aliphatic rings. The maximum Gasteiger partial charge on any atom is 0.206 e. The molecule has 1 unspecified atom stereocenters. The van der Waals surface area contributed by atoms with Crippen molar-refractivity contribution in [2.24, 2.45) is 0 Å². The number of aliphatic hydroxyl groups is 1. The molecular formula is C29H28ClNO4S. The van der Waals surface area contributed by atoms with Crippen molar-refractivity contribution in [2.75, 3.05) is 13.1 Å². The van der Waals surface area contributed by atoms with Gasteiger partial charge in [-0.15, -0.1) is 0 Å². The van der Waals surface area contributed by atoms with Crippen LogP contribution in [-0.2, 0) is 22.8 Å². The van der Waals surface area contributed by atoms with E-state index in [1.807, 2.05) is 42.5 Å². The first-order chi connectivity index (χ1) is 17.3. The predicted octanol–water partition coefficient (Wildman–Crippen LogP) is 5.66. The summed E-state index contributed by atoms with van der Waals surface area (Å²) < 4.78 is 25.8. The third-order valence-electron chi connectivity index (χ3n) is 5.99. The van der Waals surface area contributed by atoms with Crippen molar-refractivity contribution in [2.45, 2.75) is 28.9 Å². The number of aromatic hydroxyl groups is 1. The summed E-state index contributed by atoms with van der Waals surface area (Å²) in [5.74, 6) is -0.0915. The van der Waals surface area contributed by atoms with Crippen LogP contribution in [0.4, 0.5) is 0 Å². The highest BCUT2D eigenvalue weighted by Crippen LogP contribution is 2.24. The lowest BCUT2D eigenvalue weighted by Crippen LogP contribution is -2.30. The molecule has 7 heteroatoms. The zero-order chi connectivity index (χ0) is 25.5. The third kappa shape index (κ3) is 6.74. The Bertz CT molecular complexity index is 1390. The van der Waals surface area contributed by atoms with Gasteiger partial charge in [-0.1, -0.05) is 72.3 Å². The molecule has 0 spiro atoms. The van der Waals surface area contributed by atoms with E-state index in [2.05, 4.69) is 17.0 Å². The molecule has 4 aromatic carbocycles. The van der Waals surface area contributed by atoms with Crippen LogP contribution in [0.15, 0.2) is 113 Å². The van der Waals surface area contributed by atoms with Gasteiger partial charge < -0.3 is 10.2 Å². The molecule has 0 aromatic heterocycles. The van der Waals surface area contributed by atoms with Crippen molar-refractivity contribution >= 4 is 21.4 Å². The van der Waals surface area contributed by atoms with E-state index < -0.39 is 15.9 Å². The van der Waals surface area contributed by atoms with Gasteiger partial charge in [-0.05, 0) is 65.6 Å². The standard InChI is InChI=1S/C29H28ClNO4S/c30-25-9-4-8-24(18-25)29(33)21-31(20-23-6-2-1-3-7-23)17-16-22-12-14-27(15-13-22)36(34,35)28-11-5-10-26(32)19-28/h1-15,18-19,29,32-33H,16-17,20-21H2. The summed E-state index contributed by atoms with van der Waals surface area (Å²) in [7, 11) is -3.71. The SMILES string of the molecule is O=S(=O)(c1ccc(CCN(Cc2ccccc2)CC(O)c2cccc(Cl)c2)cc1)c1cccc(O)c1. The second-order valence-corrected chi connectivity index (χ2v) is 11.1. The summed E-state index contributed by atoms with van der Waals surface area (Å²) in [6.07, 6.45) is -0.0103. The molecule has 0 fully saturated rings. The van der Waals surface area contributed by atoms with Gasteiger partial charge in [-0.2, -0.15) is 0 Å². The summed E-state index contributed by atoms with van der Waals surface area (Å²) in [6, 6.07) is 29.8. The fourth-order valence-electron chi connectivity index (χ4n) is 4.05. The number of halogens is 1. The third-order valence-corrected chi connectivity index (χ3v) is 7.99. The van der Waals surface area contributed by atoms with Crippen molar-refractivity contribution in [1.82, 2.24) is 4.90 Å². The van der Waals surface area contributed by atoms with Crippen LogP contribution in [0.2, 0.25) is 5.02 Å². The first-order valence-electron chi connectivity index (χ1n) is 11.6. The van der Waals surface area contributed by atoms with Gasteiger partial charge in [0.1, 0.15) is 5.75 Å². The average molecular weight is 522 g/mol. The fourth-order valence-corrected chi connectivity index (χ4v) is 5.55. The Morgan fingerprint density at radius 1 is 0.778 bits per heavy atom. The van der Waals surface area contributed by atoms with Crippen molar-refractivity contribution in [3.63, 3.8) is 0 Å². The molecule has 36 heavy (non-hydrogen) atoms.